The van der Waals surface area contributed by atoms with Crippen molar-refractivity contribution in [1.29, 1.82) is 0 Å². The molecule has 0 aromatic heterocycles. The van der Waals surface area contributed by atoms with Crippen LogP contribution >= 0.6 is 0 Å². The first-order chi connectivity index (χ1) is 17.6. The van der Waals surface area contributed by atoms with Gasteiger partial charge in [-0.2, -0.15) is 13.2 Å². The highest BCUT2D eigenvalue weighted by atomic mass is 19.4. The van der Waals surface area contributed by atoms with Gasteiger partial charge in [-0.05, 0) is 49.6 Å². The highest BCUT2D eigenvalue weighted by Gasteiger charge is 2.42. The van der Waals surface area contributed by atoms with Crippen molar-refractivity contribution in [2.75, 3.05) is 6.61 Å². The Kier molecular flexibility index (Phi) is 8.99. The lowest BCUT2D eigenvalue weighted by Gasteiger charge is -2.30. The number of amides is 1. The maximum atomic E-state index is 13.5. The van der Waals surface area contributed by atoms with Gasteiger partial charge in [0.25, 0.3) is 0 Å². The second-order valence-electron chi connectivity index (χ2n) is 8.71. The molecule has 2 aromatic rings. The van der Waals surface area contributed by atoms with Crippen LogP contribution in [0.15, 0.2) is 71.3 Å². The highest BCUT2D eigenvalue weighted by Crippen LogP contribution is 2.41. The molecule has 2 aromatic carbocycles. The summed E-state index contributed by atoms with van der Waals surface area (Å²) in [5.41, 5.74) is 2.24. The zero-order chi connectivity index (χ0) is 27.2. The number of amidine groups is 1. The van der Waals surface area contributed by atoms with E-state index in [9.17, 15) is 18.0 Å². The van der Waals surface area contributed by atoms with Crippen LogP contribution in [0.3, 0.4) is 0 Å². The van der Waals surface area contributed by atoms with E-state index in [1.54, 1.807) is 6.92 Å². The van der Waals surface area contributed by atoms with E-state index >= 15 is 0 Å². The summed E-state index contributed by atoms with van der Waals surface area (Å²) in [6.45, 7) is 7.25. The number of hydrogen-bond acceptors (Lipinski definition) is 3. The molecule has 7 heteroatoms. The molecule has 194 valence electrons. The first kappa shape index (κ1) is 27.8. The lowest BCUT2D eigenvalue weighted by atomic mass is 9.91. The molecule has 0 saturated carbocycles. The van der Waals surface area contributed by atoms with Crippen molar-refractivity contribution < 1.29 is 22.7 Å². The van der Waals surface area contributed by atoms with E-state index in [1.165, 1.54) is 17.9 Å². The predicted octanol–water partition coefficient (Wildman–Crippen LogP) is 7.05. The highest BCUT2D eigenvalue weighted by molar-refractivity contribution is 6.11. The Balaban J connectivity index is 2.27. The van der Waals surface area contributed by atoms with Gasteiger partial charge in [0, 0.05) is 13.3 Å². The number of ether oxygens (including phenoxy) is 1. The smallest absolute Gasteiger partial charge is 0.416 e. The van der Waals surface area contributed by atoms with Crippen LogP contribution in [0.5, 0.6) is 5.75 Å². The molecule has 0 N–H and O–H groups in total. The molecule has 0 spiro atoms. The third-order valence-corrected chi connectivity index (χ3v) is 6.02. The van der Waals surface area contributed by atoms with Crippen molar-refractivity contribution in [3.05, 3.63) is 88.5 Å². The number of aliphatic imine (C=N–C) groups is 1. The first-order valence-electron chi connectivity index (χ1n) is 12.2. The average molecular weight is 509 g/mol. The number of halogens is 3. The summed E-state index contributed by atoms with van der Waals surface area (Å²) in [7, 11) is 0. The molecular formula is C30H31F3N2O2. The molecule has 2 atom stereocenters. The fourth-order valence-corrected chi connectivity index (χ4v) is 4.31. The quantitative estimate of drug-likeness (QED) is 0.283. The van der Waals surface area contributed by atoms with Gasteiger partial charge in [0.05, 0.1) is 23.8 Å². The van der Waals surface area contributed by atoms with E-state index in [0.717, 1.165) is 35.3 Å². The summed E-state index contributed by atoms with van der Waals surface area (Å²) in [5, 5.41) is 0. The number of alkyl halides is 3. The first-order valence-corrected chi connectivity index (χ1v) is 12.2. The summed E-state index contributed by atoms with van der Waals surface area (Å²) >= 11 is 0. The monoisotopic (exact) mass is 508 g/mol. The molecule has 2 unspecified atom stereocenters. The maximum Gasteiger partial charge on any atom is 0.416 e. The van der Waals surface area contributed by atoms with Crippen LogP contribution in [0.4, 0.5) is 13.2 Å². The van der Waals surface area contributed by atoms with Crippen LogP contribution in [0, 0.1) is 19.3 Å². The van der Waals surface area contributed by atoms with Crippen molar-refractivity contribution in [3.8, 4) is 18.1 Å². The molecular weight excluding hydrogens is 477 g/mol. The van der Waals surface area contributed by atoms with Crippen molar-refractivity contribution in [1.82, 2.24) is 4.90 Å². The summed E-state index contributed by atoms with van der Waals surface area (Å²) in [6, 6.07) is 10.1. The molecule has 37 heavy (non-hydrogen) atoms. The van der Waals surface area contributed by atoms with Crippen LogP contribution in [0.25, 0.3) is 0 Å². The molecule has 0 aliphatic carbocycles. The van der Waals surface area contributed by atoms with Gasteiger partial charge in [-0.25, -0.2) is 0 Å². The molecule has 0 radical (unpaired) electrons. The van der Waals surface area contributed by atoms with Gasteiger partial charge in [0.1, 0.15) is 17.6 Å². The third-order valence-electron chi connectivity index (χ3n) is 6.02. The molecule has 0 fully saturated rings. The number of benzene rings is 2. The summed E-state index contributed by atoms with van der Waals surface area (Å²) < 4.78 is 46.0. The summed E-state index contributed by atoms with van der Waals surface area (Å²) in [4.78, 5) is 19.6. The molecule has 1 aliphatic rings. The Morgan fingerprint density at radius 3 is 2.46 bits per heavy atom. The van der Waals surface area contributed by atoms with E-state index in [-0.39, 0.29) is 24.1 Å². The predicted molar refractivity (Wildman–Crippen MR) is 140 cm³/mol. The number of carbonyl (C=O) groups is 1. The van der Waals surface area contributed by atoms with Gasteiger partial charge in [0.15, 0.2) is 0 Å². The van der Waals surface area contributed by atoms with Gasteiger partial charge < -0.3 is 4.74 Å². The number of hydrogen-bond donors (Lipinski definition) is 0. The van der Waals surface area contributed by atoms with E-state index in [1.807, 2.05) is 56.3 Å². The van der Waals surface area contributed by atoms with Gasteiger partial charge in [0.2, 0.25) is 5.91 Å². The Morgan fingerprint density at radius 2 is 1.89 bits per heavy atom. The summed E-state index contributed by atoms with van der Waals surface area (Å²) in [5.74, 6) is 2.60. The Labute approximate surface area is 216 Å². The minimum Gasteiger partial charge on any atom is -0.493 e. The Bertz CT molecular complexity index is 1250. The summed E-state index contributed by atoms with van der Waals surface area (Å²) in [6.07, 6.45) is 7.95. The fourth-order valence-electron chi connectivity index (χ4n) is 4.31. The SMILES string of the molecule is C#CC/C=C(\C=C/CC)C1C(c2ccc(C)cc2)N=C(c2ccc(C(F)(F)F)cc2OCC)N1C(C)=O. The van der Waals surface area contributed by atoms with Crippen molar-refractivity contribution in [2.45, 2.75) is 58.8 Å². The number of aryl methyl sites for hydroxylation is 1. The maximum absolute atomic E-state index is 13.5. The van der Waals surface area contributed by atoms with Crippen molar-refractivity contribution in [2.24, 2.45) is 4.99 Å². The molecule has 1 heterocycles. The number of rotatable bonds is 8. The second-order valence-corrected chi connectivity index (χ2v) is 8.71. The van der Waals surface area contributed by atoms with Gasteiger partial charge in [-0.3, -0.25) is 14.7 Å². The van der Waals surface area contributed by atoms with Crippen molar-refractivity contribution in [3.63, 3.8) is 0 Å². The normalized spacial score (nSPS) is 18.2. The molecule has 1 aliphatic heterocycles. The zero-order valence-corrected chi connectivity index (χ0v) is 21.5. The Hall–Kier alpha value is -3.79. The Morgan fingerprint density at radius 1 is 1.19 bits per heavy atom. The number of terminal acetylenes is 1. The lowest BCUT2D eigenvalue weighted by molar-refractivity contribution is -0.137. The molecule has 4 nitrogen and oxygen atoms in total. The van der Waals surface area contributed by atoms with Gasteiger partial charge in [-0.15, -0.1) is 12.3 Å². The third kappa shape index (κ3) is 6.32. The minimum atomic E-state index is -4.54. The van der Waals surface area contributed by atoms with E-state index in [0.29, 0.717) is 12.0 Å². The largest absolute Gasteiger partial charge is 0.493 e. The zero-order valence-electron chi connectivity index (χ0n) is 21.5. The van der Waals surface area contributed by atoms with Gasteiger partial charge >= 0.3 is 6.18 Å². The van der Waals surface area contributed by atoms with Crippen LogP contribution in [-0.4, -0.2) is 29.3 Å². The fraction of sp³-hybridized carbons (Fsp3) is 0.333. The van der Waals surface area contributed by atoms with Crippen molar-refractivity contribution >= 4 is 11.7 Å². The molecule has 0 bridgehead atoms. The number of nitrogens with zero attached hydrogens (tertiary/aromatic N) is 2. The molecule has 3 rings (SSSR count). The molecule has 0 saturated heterocycles. The van der Waals surface area contributed by atoms with E-state index in [4.69, 9.17) is 16.2 Å². The average Bonchev–Trinajstić information content (AvgIpc) is 3.25. The van der Waals surface area contributed by atoms with Crippen LogP contribution < -0.4 is 4.74 Å². The lowest BCUT2D eigenvalue weighted by Crippen LogP contribution is -2.42. The minimum absolute atomic E-state index is 0.0175. The van der Waals surface area contributed by atoms with E-state index < -0.39 is 23.8 Å². The molecule has 1 amide bonds. The number of carbonyl (C=O) groups excluding carboxylic acids is 1. The standard InChI is InChI=1S/C30H31F3N2O2/c1-6-9-11-23(12-10-7-2)28-27(22-15-13-20(4)14-16-22)34-29(35(28)21(5)36)25-18-17-24(30(31,32)33)19-26(25)37-8-3/h1,10-19,27-28H,7-9H2,2-5H3/b12-10-,23-11+. The topological polar surface area (TPSA) is 41.9 Å². The van der Waals surface area contributed by atoms with E-state index in [2.05, 4.69) is 5.92 Å². The van der Waals surface area contributed by atoms with Crippen LogP contribution in [0.1, 0.15) is 61.9 Å². The number of allylic oxidation sites excluding steroid dienone is 2. The van der Waals surface area contributed by atoms with Crippen LogP contribution in [0.2, 0.25) is 0 Å². The second kappa shape index (κ2) is 12.0. The van der Waals surface area contributed by atoms with Gasteiger partial charge in [-0.1, -0.05) is 55.0 Å². The van der Waals surface area contributed by atoms with Crippen LogP contribution in [-0.2, 0) is 11.0 Å².